The summed E-state index contributed by atoms with van der Waals surface area (Å²) in [5.74, 6) is 0. The first-order valence-corrected chi connectivity index (χ1v) is 6.44. The molecule has 0 spiro atoms. The molecule has 1 aromatic carbocycles. The number of fused-ring (bicyclic) bond motifs is 1. The second kappa shape index (κ2) is 4.08. The molecule has 2 rings (SSSR count). The minimum Gasteiger partial charge on any atom is -0.253 e. The van der Waals surface area contributed by atoms with Crippen LogP contribution in [0.4, 0.5) is 0 Å². The molecule has 1 aromatic heterocycles. The Morgan fingerprint density at radius 2 is 1.86 bits per heavy atom. The molecule has 0 saturated carbocycles. The summed E-state index contributed by atoms with van der Waals surface area (Å²) in [7, 11) is 0. The maximum atomic E-state index is 6.06. The van der Waals surface area contributed by atoms with Crippen LogP contribution in [0.15, 0.2) is 31.7 Å². The molecule has 1 heterocycles. The minimum absolute atomic E-state index is 0.641. The van der Waals surface area contributed by atoms with Gasteiger partial charge in [-0.25, -0.2) is 0 Å². The van der Waals surface area contributed by atoms with Gasteiger partial charge in [0.25, 0.3) is 0 Å². The highest BCUT2D eigenvalue weighted by molar-refractivity contribution is 9.13. The van der Waals surface area contributed by atoms with Crippen LogP contribution in [0.1, 0.15) is 0 Å². The summed E-state index contributed by atoms with van der Waals surface area (Å²) in [6.45, 7) is 0. The molecule has 14 heavy (non-hydrogen) atoms. The van der Waals surface area contributed by atoms with Crippen LogP contribution in [0.2, 0.25) is 5.02 Å². The third-order valence-electron chi connectivity index (χ3n) is 1.78. The molecule has 0 aliphatic carbocycles. The molecule has 1 nitrogen and oxygen atoms in total. The molecule has 0 aliphatic heterocycles. The van der Waals surface area contributed by atoms with Crippen molar-refractivity contribution in [2.75, 3.05) is 0 Å². The molecule has 0 bridgehead atoms. The summed E-state index contributed by atoms with van der Waals surface area (Å²) in [4.78, 5) is 4.25. The lowest BCUT2D eigenvalue weighted by Gasteiger charge is -2.04. The molecular weight excluding hydrogens is 397 g/mol. The van der Waals surface area contributed by atoms with Gasteiger partial charge >= 0.3 is 0 Å². The second-order valence-electron chi connectivity index (χ2n) is 2.70. The number of nitrogens with zero attached hydrogens (tertiary/aromatic N) is 1. The fourth-order valence-electron chi connectivity index (χ4n) is 1.17. The van der Waals surface area contributed by atoms with Gasteiger partial charge in [0.05, 0.1) is 15.0 Å². The Bertz CT molecular complexity index is 513. The molecule has 0 atom stereocenters. The van der Waals surface area contributed by atoms with Crippen molar-refractivity contribution < 1.29 is 0 Å². The Balaban J connectivity index is 2.95. The molecule has 0 saturated heterocycles. The zero-order valence-electron chi connectivity index (χ0n) is 6.69. The number of benzene rings is 1. The van der Waals surface area contributed by atoms with Crippen molar-refractivity contribution in [1.82, 2.24) is 4.98 Å². The molecule has 0 fully saturated rings. The molecule has 5 heteroatoms. The van der Waals surface area contributed by atoms with E-state index in [-0.39, 0.29) is 0 Å². The van der Waals surface area contributed by atoms with Crippen molar-refractivity contribution in [1.29, 1.82) is 0 Å². The fraction of sp³-hybridized carbons (Fsp3) is 0. The van der Waals surface area contributed by atoms with E-state index in [1.165, 1.54) is 0 Å². The zero-order chi connectivity index (χ0) is 10.3. The Kier molecular flexibility index (Phi) is 3.17. The Hall–Kier alpha value is 0.360. The molecular formula is C9H3Br3ClN. The number of hydrogen-bond donors (Lipinski definition) is 0. The summed E-state index contributed by atoms with van der Waals surface area (Å²) >= 11 is 16.3. The first kappa shape index (κ1) is 10.9. The predicted molar refractivity (Wildman–Crippen MR) is 69.9 cm³/mol. The van der Waals surface area contributed by atoms with Gasteiger partial charge in [-0.3, -0.25) is 4.98 Å². The molecule has 2 aromatic rings. The summed E-state index contributed by atoms with van der Waals surface area (Å²) in [6.07, 6.45) is 1.73. The van der Waals surface area contributed by atoms with Crippen LogP contribution in [0.3, 0.4) is 0 Å². The standard InChI is InChI=1S/C9H3Br3ClN/c10-4-1-5-8(12)6(11)3-14-9(5)7(13)2-4/h1-3H. The van der Waals surface area contributed by atoms with E-state index in [0.29, 0.717) is 5.02 Å². The number of hydrogen-bond acceptors (Lipinski definition) is 1. The van der Waals surface area contributed by atoms with E-state index in [4.69, 9.17) is 11.6 Å². The minimum atomic E-state index is 0.641. The van der Waals surface area contributed by atoms with Crippen molar-refractivity contribution >= 4 is 70.3 Å². The van der Waals surface area contributed by atoms with Gasteiger partial charge in [-0.05, 0) is 44.0 Å². The summed E-state index contributed by atoms with van der Waals surface area (Å²) in [6, 6.07) is 3.81. The average molecular weight is 400 g/mol. The van der Waals surface area contributed by atoms with E-state index in [1.54, 1.807) is 6.20 Å². The molecule has 0 N–H and O–H groups in total. The fourth-order valence-corrected chi connectivity index (χ4v) is 2.75. The van der Waals surface area contributed by atoms with Gasteiger partial charge in [-0.15, -0.1) is 0 Å². The van der Waals surface area contributed by atoms with E-state index >= 15 is 0 Å². The number of halogens is 4. The van der Waals surface area contributed by atoms with Gasteiger partial charge in [-0.2, -0.15) is 0 Å². The van der Waals surface area contributed by atoms with Gasteiger partial charge in [0.2, 0.25) is 0 Å². The van der Waals surface area contributed by atoms with E-state index in [0.717, 1.165) is 24.3 Å². The SMILES string of the molecule is Clc1cc(Br)cc2c(Br)c(Br)cnc12. The largest absolute Gasteiger partial charge is 0.253 e. The molecule has 0 unspecified atom stereocenters. The average Bonchev–Trinajstić information content (AvgIpc) is 2.12. The molecule has 0 aliphatic rings. The summed E-state index contributed by atoms with van der Waals surface area (Å²) in [5, 5.41) is 1.63. The van der Waals surface area contributed by atoms with E-state index in [1.807, 2.05) is 12.1 Å². The van der Waals surface area contributed by atoms with E-state index < -0.39 is 0 Å². The van der Waals surface area contributed by atoms with Gasteiger partial charge < -0.3 is 0 Å². The third-order valence-corrected chi connectivity index (χ3v) is 4.51. The van der Waals surface area contributed by atoms with E-state index in [9.17, 15) is 0 Å². The van der Waals surface area contributed by atoms with Crippen LogP contribution < -0.4 is 0 Å². The number of rotatable bonds is 0. The van der Waals surface area contributed by atoms with Crippen molar-refractivity contribution in [3.8, 4) is 0 Å². The monoisotopic (exact) mass is 397 g/mol. The van der Waals surface area contributed by atoms with Crippen molar-refractivity contribution in [2.24, 2.45) is 0 Å². The lowest BCUT2D eigenvalue weighted by Crippen LogP contribution is -1.83. The van der Waals surface area contributed by atoms with Crippen LogP contribution in [0, 0.1) is 0 Å². The van der Waals surface area contributed by atoms with Gasteiger partial charge in [0.15, 0.2) is 0 Å². The topological polar surface area (TPSA) is 12.9 Å². The molecule has 0 amide bonds. The van der Waals surface area contributed by atoms with Crippen molar-refractivity contribution in [3.05, 3.63) is 36.8 Å². The normalized spacial score (nSPS) is 10.9. The molecule has 0 radical (unpaired) electrons. The van der Waals surface area contributed by atoms with Crippen LogP contribution in [0.25, 0.3) is 10.9 Å². The second-order valence-corrected chi connectivity index (χ2v) is 5.67. The van der Waals surface area contributed by atoms with Gasteiger partial charge in [0.1, 0.15) is 0 Å². The summed E-state index contributed by atoms with van der Waals surface area (Å²) in [5.41, 5.74) is 0.796. The Morgan fingerprint density at radius 1 is 1.14 bits per heavy atom. The summed E-state index contributed by atoms with van der Waals surface area (Å²) < 4.78 is 2.82. The maximum Gasteiger partial charge on any atom is 0.0901 e. The van der Waals surface area contributed by atoms with Crippen LogP contribution in [0.5, 0.6) is 0 Å². The lowest BCUT2D eigenvalue weighted by molar-refractivity contribution is 1.37. The third kappa shape index (κ3) is 1.85. The highest BCUT2D eigenvalue weighted by atomic mass is 79.9. The molecule has 72 valence electrons. The van der Waals surface area contributed by atoms with Gasteiger partial charge in [-0.1, -0.05) is 27.5 Å². The van der Waals surface area contributed by atoms with Crippen LogP contribution in [-0.4, -0.2) is 4.98 Å². The smallest absolute Gasteiger partial charge is 0.0901 e. The van der Waals surface area contributed by atoms with Crippen molar-refractivity contribution in [2.45, 2.75) is 0 Å². The maximum absolute atomic E-state index is 6.06. The van der Waals surface area contributed by atoms with Crippen molar-refractivity contribution in [3.63, 3.8) is 0 Å². The van der Waals surface area contributed by atoms with Crippen LogP contribution in [-0.2, 0) is 0 Å². The number of pyridine rings is 1. The zero-order valence-corrected chi connectivity index (χ0v) is 12.2. The Morgan fingerprint density at radius 3 is 2.57 bits per heavy atom. The first-order valence-electron chi connectivity index (χ1n) is 3.68. The quantitative estimate of drug-likeness (QED) is 0.594. The Labute approximate surface area is 111 Å². The predicted octanol–water partition coefficient (Wildman–Crippen LogP) is 5.18. The van der Waals surface area contributed by atoms with Gasteiger partial charge in [0, 0.05) is 20.5 Å². The first-order chi connectivity index (χ1) is 6.59. The number of aromatic nitrogens is 1. The van der Waals surface area contributed by atoms with E-state index in [2.05, 4.69) is 52.8 Å². The lowest BCUT2D eigenvalue weighted by atomic mass is 10.2. The highest BCUT2D eigenvalue weighted by Gasteiger charge is 2.08. The highest BCUT2D eigenvalue weighted by Crippen LogP contribution is 2.35. The van der Waals surface area contributed by atoms with Crippen LogP contribution >= 0.6 is 59.4 Å².